The van der Waals surface area contributed by atoms with Crippen LogP contribution in [0.5, 0.6) is 0 Å². The zero-order chi connectivity index (χ0) is 14.2. The molecule has 1 atom stereocenters. The maximum atomic E-state index is 14.1. The van der Waals surface area contributed by atoms with Crippen LogP contribution in [0.1, 0.15) is 39.0 Å². The minimum Gasteiger partial charge on any atom is -0.363 e. The second-order valence-corrected chi connectivity index (χ2v) is 6.27. The predicted octanol–water partition coefficient (Wildman–Crippen LogP) is 3.47. The third-order valence-electron chi connectivity index (χ3n) is 4.83. The van der Waals surface area contributed by atoms with Gasteiger partial charge >= 0.3 is 0 Å². The summed E-state index contributed by atoms with van der Waals surface area (Å²) in [5, 5.41) is 3.66. The van der Waals surface area contributed by atoms with Gasteiger partial charge in [0.2, 0.25) is 0 Å². The summed E-state index contributed by atoms with van der Waals surface area (Å²) in [5.74, 6) is -1.47. The molecule has 2 fully saturated rings. The van der Waals surface area contributed by atoms with Crippen LogP contribution in [0.4, 0.5) is 14.5 Å². The maximum absolute atomic E-state index is 14.1. The average Bonchev–Trinajstić information content (AvgIpc) is 2.46. The van der Waals surface area contributed by atoms with Gasteiger partial charge in [0.25, 0.3) is 0 Å². The van der Waals surface area contributed by atoms with Crippen molar-refractivity contribution in [2.45, 2.75) is 50.6 Å². The van der Waals surface area contributed by atoms with E-state index in [9.17, 15) is 8.78 Å². The van der Waals surface area contributed by atoms with Gasteiger partial charge in [-0.15, -0.1) is 0 Å². The first-order chi connectivity index (χ1) is 9.61. The molecule has 0 aromatic heterocycles. The van der Waals surface area contributed by atoms with Crippen molar-refractivity contribution < 1.29 is 8.78 Å². The van der Waals surface area contributed by atoms with Gasteiger partial charge in [0.15, 0.2) is 11.6 Å². The van der Waals surface area contributed by atoms with Gasteiger partial charge in [0.1, 0.15) is 0 Å². The monoisotopic (exact) mass is 280 g/mol. The molecule has 1 unspecified atom stereocenters. The van der Waals surface area contributed by atoms with E-state index < -0.39 is 11.6 Å². The van der Waals surface area contributed by atoms with Crippen LogP contribution in [-0.4, -0.2) is 24.7 Å². The second-order valence-electron chi connectivity index (χ2n) is 6.27. The molecule has 1 aromatic carbocycles. The highest BCUT2D eigenvalue weighted by atomic mass is 19.2. The summed E-state index contributed by atoms with van der Waals surface area (Å²) in [5.41, 5.74) is 0.493. The van der Waals surface area contributed by atoms with Crippen molar-refractivity contribution in [2.75, 3.05) is 18.0 Å². The Balaban J connectivity index is 1.88. The molecule has 0 bridgehead atoms. The molecule has 110 valence electrons. The molecule has 3 rings (SSSR count). The molecule has 0 radical (unpaired) electrons. The van der Waals surface area contributed by atoms with Gasteiger partial charge in [0, 0.05) is 24.7 Å². The Kier molecular flexibility index (Phi) is 3.67. The zero-order valence-corrected chi connectivity index (χ0v) is 12.0. The van der Waals surface area contributed by atoms with Crippen molar-refractivity contribution >= 4 is 5.69 Å². The van der Waals surface area contributed by atoms with Crippen LogP contribution in [0.25, 0.3) is 0 Å². The van der Waals surface area contributed by atoms with Crippen LogP contribution >= 0.6 is 0 Å². The van der Waals surface area contributed by atoms with Crippen molar-refractivity contribution in [1.29, 1.82) is 0 Å². The number of hydrogen-bond donors (Lipinski definition) is 1. The highest BCUT2D eigenvalue weighted by molar-refractivity contribution is 5.50. The lowest BCUT2D eigenvalue weighted by Gasteiger charge is -2.50. The predicted molar refractivity (Wildman–Crippen MR) is 77.0 cm³/mol. The minimum absolute atomic E-state index is 0.0868. The third kappa shape index (κ3) is 2.41. The lowest BCUT2D eigenvalue weighted by atomic mass is 9.79. The SMILES string of the molecule is CC1CNC2(CCCCC2)CN1c1cccc(F)c1F. The number of nitrogens with one attached hydrogen (secondary N) is 1. The second kappa shape index (κ2) is 5.32. The molecule has 1 saturated carbocycles. The number of anilines is 1. The van der Waals surface area contributed by atoms with E-state index >= 15 is 0 Å². The van der Waals surface area contributed by atoms with Gasteiger partial charge in [0.05, 0.1) is 5.69 Å². The van der Waals surface area contributed by atoms with E-state index in [1.54, 1.807) is 12.1 Å². The quantitative estimate of drug-likeness (QED) is 0.847. The fourth-order valence-corrected chi connectivity index (χ4v) is 3.61. The molecule has 1 saturated heterocycles. The van der Waals surface area contributed by atoms with Crippen LogP contribution < -0.4 is 10.2 Å². The number of hydrogen-bond acceptors (Lipinski definition) is 2. The molecule has 20 heavy (non-hydrogen) atoms. The Morgan fingerprint density at radius 1 is 1.20 bits per heavy atom. The first-order valence-corrected chi connectivity index (χ1v) is 7.57. The molecule has 1 aliphatic carbocycles. The van der Waals surface area contributed by atoms with Gasteiger partial charge in [-0.25, -0.2) is 8.78 Å². The zero-order valence-electron chi connectivity index (χ0n) is 12.0. The van der Waals surface area contributed by atoms with Crippen molar-refractivity contribution in [3.8, 4) is 0 Å². The Morgan fingerprint density at radius 3 is 2.70 bits per heavy atom. The molecule has 0 amide bonds. The summed E-state index contributed by atoms with van der Waals surface area (Å²) in [6, 6.07) is 4.65. The van der Waals surface area contributed by atoms with Gasteiger partial charge < -0.3 is 10.2 Å². The third-order valence-corrected chi connectivity index (χ3v) is 4.83. The molecule has 4 heteroatoms. The summed E-state index contributed by atoms with van der Waals surface area (Å²) in [4.78, 5) is 2.04. The molecular weight excluding hydrogens is 258 g/mol. The van der Waals surface area contributed by atoms with E-state index in [0.29, 0.717) is 5.69 Å². The fraction of sp³-hybridized carbons (Fsp3) is 0.625. The lowest BCUT2D eigenvalue weighted by Crippen LogP contribution is -2.64. The average molecular weight is 280 g/mol. The van der Waals surface area contributed by atoms with Gasteiger partial charge in [-0.2, -0.15) is 0 Å². The maximum Gasteiger partial charge on any atom is 0.182 e. The van der Waals surface area contributed by atoms with E-state index in [-0.39, 0.29) is 11.6 Å². The normalized spacial score (nSPS) is 25.9. The summed E-state index contributed by atoms with van der Waals surface area (Å²) < 4.78 is 27.6. The number of rotatable bonds is 1. The van der Waals surface area contributed by atoms with Crippen LogP contribution in [0.2, 0.25) is 0 Å². The van der Waals surface area contributed by atoms with E-state index in [1.807, 2.05) is 4.90 Å². The molecule has 2 nitrogen and oxygen atoms in total. The largest absolute Gasteiger partial charge is 0.363 e. The van der Waals surface area contributed by atoms with Gasteiger partial charge in [-0.3, -0.25) is 0 Å². The summed E-state index contributed by atoms with van der Waals surface area (Å²) in [7, 11) is 0. The molecule has 1 aliphatic heterocycles. The number of piperazine rings is 1. The topological polar surface area (TPSA) is 15.3 Å². The highest BCUT2D eigenvalue weighted by Crippen LogP contribution is 2.34. The summed E-state index contributed by atoms with van der Waals surface area (Å²) >= 11 is 0. The molecular formula is C16H22F2N2. The smallest absolute Gasteiger partial charge is 0.182 e. The Labute approximate surface area is 119 Å². The number of benzene rings is 1. The highest BCUT2D eigenvalue weighted by Gasteiger charge is 2.39. The van der Waals surface area contributed by atoms with Crippen LogP contribution in [0.15, 0.2) is 18.2 Å². The number of nitrogens with zero attached hydrogens (tertiary/aromatic N) is 1. The molecule has 1 aromatic rings. The molecule has 1 spiro atoms. The van der Waals surface area contributed by atoms with Crippen molar-refractivity contribution in [1.82, 2.24) is 5.32 Å². The van der Waals surface area contributed by atoms with Crippen LogP contribution in [-0.2, 0) is 0 Å². The fourth-order valence-electron chi connectivity index (χ4n) is 3.61. The molecule has 1 N–H and O–H groups in total. The van der Waals surface area contributed by atoms with E-state index in [2.05, 4.69) is 12.2 Å². The van der Waals surface area contributed by atoms with Crippen LogP contribution in [0.3, 0.4) is 0 Å². The molecule has 1 heterocycles. The van der Waals surface area contributed by atoms with Crippen molar-refractivity contribution in [2.24, 2.45) is 0 Å². The Morgan fingerprint density at radius 2 is 1.95 bits per heavy atom. The van der Waals surface area contributed by atoms with E-state index in [0.717, 1.165) is 25.9 Å². The molecule has 2 aliphatic rings. The standard InChI is InChI=1S/C16H22F2N2/c1-12-10-19-16(8-3-2-4-9-16)11-20(12)14-7-5-6-13(17)15(14)18/h5-7,12,19H,2-4,8-11H2,1H3. The first-order valence-electron chi connectivity index (χ1n) is 7.57. The lowest BCUT2D eigenvalue weighted by molar-refractivity contribution is 0.200. The first kappa shape index (κ1) is 13.8. The van der Waals surface area contributed by atoms with Crippen molar-refractivity contribution in [3.63, 3.8) is 0 Å². The Hall–Kier alpha value is -1.16. The Bertz CT molecular complexity index is 483. The minimum atomic E-state index is -0.758. The van der Waals surface area contributed by atoms with Gasteiger partial charge in [-0.1, -0.05) is 25.3 Å². The number of halogens is 2. The van der Waals surface area contributed by atoms with Crippen LogP contribution in [0, 0.1) is 11.6 Å². The summed E-state index contributed by atoms with van der Waals surface area (Å²) in [6.45, 7) is 3.66. The van der Waals surface area contributed by atoms with Crippen molar-refractivity contribution in [3.05, 3.63) is 29.8 Å². The van der Waals surface area contributed by atoms with Gasteiger partial charge in [-0.05, 0) is 31.9 Å². The summed E-state index contributed by atoms with van der Waals surface area (Å²) in [6.07, 6.45) is 6.00. The van der Waals surface area contributed by atoms with E-state index in [4.69, 9.17) is 0 Å². The van der Waals surface area contributed by atoms with E-state index in [1.165, 1.54) is 25.3 Å².